The first-order chi connectivity index (χ1) is 9.28. The van der Waals surface area contributed by atoms with Gasteiger partial charge in [-0.25, -0.2) is 4.79 Å². The molecule has 0 saturated heterocycles. The fraction of sp³-hybridized carbons (Fsp3) is 0.214. The Kier molecular flexibility index (Phi) is 4.94. The number of hydrogen-bond acceptors (Lipinski definition) is 3. The van der Waals surface area contributed by atoms with E-state index in [1.54, 1.807) is 11.3 Å². The number of rotatable bonds is 5. The van der Waals surface area contributed by atoms with E-state index in [4.69, 9.17) is 5.11 Å². The van der Waals surface area contributed by atoms with E-state index in [1.807, 2.05) is 41.8 Å². The van der Waals surface area contributed by atoms with Crippen molar-refractivity contribution in [3.8, 4) is 0 Å². The number of aliphatic hydroxyl groups is 1. The summed E-state index contributed by atoms with van der Waals surface area (Å²) in [6.45, 7) is 1.06. The summed E-state index contributed by atoms with van der Waals surface area (Å²) in [5.41, 5.74) is 1.87. The third-order valence-corrected chi connectivity index (χ3v) is 3.54. The minimum atomic E-state index is -0.181. The minimum absolute atomic E-state index is 0.0367. The molecule has 1 aromatic heterocycles. The summed E-state index contributed by atoms with van der Waals surface area (Å²) in [5, 5.41) is 16.5. The lowest BCUT2D eigenvalue weighted by molar-refractivity contribution is 0.240. The summed E-state index contributed by atoms with van der Waals surface area (Å²) in [6.07, 6.45) is 0. The first kappa shape index (κ1) is 13.6. The van der Waals surface area contributed by atoms with Gasteiger partial charge < -0.3 is 15.7 Å². The van der Waals surface area contributed by atoms with Gasteiger partial charge in [-0.1, -0.05) is 30.3 Å². The molecule has 3 N–H and O–H groups in total. The molecular formula is C14H16N2O2S. The highest BCUT2D eigenvalue weighted by molar-refractivity contribution is 7.09. The Morgan fingerprint density at radius 3 is 2.37 bits per heavy atom. The average Bonchev–Trinajstić information content (AvgIpc) is 2.96. The molecular weight excluding hydrogens is 260 g/mol. The normalized spacial score (nSPS) is 10.2. The predicted octanol–water partition coefficient (Wildman–Crippen LogP) is 2.24. The van der Waals surface area contributed by atoms with Crippen molar-refractivity contribution in [2.24, 2.45) is 0 Å². The van der Waals surface area contributed by atoms with Crippen molar-refractivity contribution in [3.05, 3.63) is 57.8 Å². The number of urea groups is 1. The van der Waals surface area contributed by atoms with Gasteiger partial charge in [0.2, 0.25) is 0 Å². The molecule has 0 bridgehead atoms. The van der Waals surface area contributed by atoms with E-state index < -0.39 is 0 Å². The van der Waals surface area contributed by atoms with Gasteiger partial charge >= 0.3 is 6.03 Å². The zero-order valence-electron chi connectivity index (χ0n) is 10.4. The van der Waals surface area contributed by atoms with E-state index in [-0.39, 0.29) is 12.6 Å². The monoisotopic (exact) mass is 276 g/mol. The molecule has 5 heteroatoms. The van der Waals surface area contributed by atoms with Gasteiger partial charge in [0, 0.05) is 11.4 Å². The molecule has 19 heavy (non-hydrogen) atoms. The molecule has 1 aromatic carbocycles. The highest BCUT2D eigenvalue weighted by atomic mass is 32.1. The molecule has 0 atom stereocenters. The Bertz CT molecular complexity index is 509. The Morgan fingerprint density at radius 1 is 1.05 bits per heavy atom. The number of aliphatic hydroxyl groups excluding tert-OH is 1. The number of thiophene rings is 1. The van der Waals surface area contributed by atoms with E-state index >= 15 is 0 Å². The Hall–Kier alpha value is -1.85. The molecule has 2 amide bonds. The van der Waals surface area contributed by atoms with Crippen molar-refractivity contribution < 1.29 is 9.90 Å². The molecule has 1 heterocycles. The van der Waals surface area contributed by atoms with E-state index in [0.29, 0.717) is 13.1 Å². The SMILES string of the molecule is O=C(NCc1ccc(CO)cc1)NCc1cccs1. The molecule has 4 nitrogen and oxygen atoms in total. The number of nitrogens with one attached hydrogen (secondary N) is 2. The van der Waals surface area contributed by atoms with Crippen LogP contribution in [0.4, 0.5) is 4.79 Å². The number of hydrogen-bond donors (Lipinski definition) is 3. The average molecular weight is 276 g/mol. The van der Waals surface area contributed by atoms with E-state index in [0.717, 1.165) is 16.0 Å². The quantitative estimate of drug-likeness (QED) is 0.784. The Balaban J connectivity index is 1.73. The third-order valence-electron chi connectivity index (χ3n) is 2.66. The van der Waals surface area contributed by atoms with Crippen LogP contribution in [0.25, 0.3) is 0 Å². The first-order valence-electron chi connectivity index (χ1n) is 6.00. The molecule has 0 spiro atoms. The van der Waals surface area contributed by atoms with Gasteiger partial charge in [0.05, 0.1) is 13.2 Å². The van der Waals surface area contributed by atoms with Gasteiger partial charge in [0.15, 0.2) is 0 Å². The van der Waals surface area contributed by atoms with E-state index in [1.165, 1.54) is 0 Å². The molecule has 2 aromatic rings. The molecule has 0 fully saturated rings. The standard InChI is InChI=1S/C14H16N2O2S/c17-10-12-5-3-11(4-6-12)8-15-14(18)16-9-13-2-1-7-19-13/h1-7,17H,8-10H2,(H2,15,16,18). The van der Waals surface area contributed by atoms with Crippen molar-refractivity contribution in [1.29, 1.82) is 0 Å². The van der Waals surface area contributed by atoms with Crippen molar-refractivity contribution in [2.75, 3.05) is 0 Å². The summed E-state index contributed by atoms with van der Waals surface area (Å²) in [5.74, 6) is 0. The van der Waals surface area contributed by atoms with Crippen molar-refractivity contribution in [3.63, 3.8) is 0 Å². The van der Waals surface area contributed by atoms with Gasteiger partial charge in [-0.2, -0.15) is 0 Å². The maximum Gasteiger partial charge on any atom is 0.315 e. The summed E-state index contributed by atoms with van der Waals surface area (Å²) >= 11 is 1.62. The fourth-order valence-electron chi connectivity index (χ4n) is 1.59. The van der Waals surface area contributed by atoms with Crippen LogP contribution in [0.2, 0.25) is 0 Å². The number of carbonyl (C=O) groups is 1. The Labute approximate surface area is 116 Å². The molecule has 0 aliphatic heterocycles. The van der Waals surface area contributed by atoms with Crippen LogP contribution in [0, 0.1) is 0 Å². The summed E-state index contributed by atoms with van der Waals surface area (Å²) < 4.78 is 0. The van der Waals surface area contributed by atoms with Crippen molar-refractivity contribution >= 4 is 17.4 Å². The smallest absolute Gasteiger partial charge is 0.315 e. The highest BCUT2D eigenvalue weighted by Crippen LogP contribution is 2.07. The lowest BCUT2D eigenvalue weighted by Crippen LogP contribution is -2.34. The summed E-state index contributed by atoms with van der Waals surface area (Å²) in [6, 6.07) is 11.2. The molecule has 2 rings (SSSR count). The third kappa shape index (κ3) is 4.39. The van der Waals surface area contributed by atoms with Gasteiger partial charge in [-0.3, -0.25) is 0 Å². The van der Waals surface area contributed by atoms with E-state index in [2.05, 4.69) is 10.6 Å². The van der Waals surface area contributed by atoms with Gasteiger partial charge in [0.25, 0.3) is 0 Å². The number of carbonyl (C=O) groups excluding carboxylic acids is 1. The largest absolute Gasteiger partial charge is 0.392 e. The maximum atomic E-state index is 11.6. The zero-order chi connectivity index (χ0) is 13.5. The van der Waals surface area contributed by atoms with Crippen molar-refractivity contribution in [1.82, 2.24) is 10.6 Å². The number of benzene rings is 1. The van der Waals surface area contributed by atoms with Crippen LogP contribution >= 0.6 is 11.3 Å². The number of amides is 2. The lowest BCUT2D eigenvalue weighted by atomic mass is 10.1. The fourth-order valence-corrected chi connectivity index (χ4v) is 2.23. The van der Waals surface area contributed by atoms with Crippen LogP contribution in [-0.2, 0) is 19.7 Å². The molecule has 0 aliphatic carbocycles. The topological polar surface area (TPSA) is 61.4 Å². The van der Waals surface area contributed by atoms with Crippen LogP contribution in [-0.4, -0.2) is 11.1 Å². The second kappa shape index (κ2) is 6.92. The van der Waals surface area contributed by atoms with Crippen LogP contribution in [0.15, 0.2) is 41.8 Å². The maximum absolute atomic E-state index is 11.6. The van der Waals surface area contributed by atoms with Gasteiger partial charge in [-0.15, -0.1) is 11.3 Å². The molecule has 100 valence electrons. The highest BCUT2D eigenvalue weighted by Gasteiger charge is 2.01. The second-order valence-corrected chi connectivity index (χ2v) is 5.12. The molecule has 0 saturated carbocycles. The van der Waals surface area contributed by atoms with Crippen molar-refractivity contribution in [2.45, 2.75) is 19.7 Å². The molecule has 0 radical (unpaired) electrons. The first-order valence-corrected chi connectivity index (χ1v) is 6.88. The summed E-state index contributed by atoms with van der Waals surface area (Å²) in [4.78, 5) is 12.7. The van der Waals surface area contributed by atoms with Crippen LogP contribution in [0.3, 0.4) is 0 Å². The molecule has 0 aliphatic rings. The summed E-state index contributed by atoms with van der Waals surface area (Å²) in [7, 11) is 0. The zero-order valence-corrected chi connectivity index (χ0v) is 11.2. The van der Waals surface area contributed by atoms with Crippen LogP contribution in [0.1, 0.15) is 16.0 Å². The predicted molar refractivity (Wildman–Crippen MR) is 75.8 cm³/mol. The second-order valence-electron chi connectivity index (χ2n) is 4.09. The van der Waals surface area contributed by atoms with Crippen LogP contribution < -0.4 is 10.6 Å². The Morgan fingerprint density at radius 2 is 1.74 bits per heavy atom. The minimum Gasteiger partial charge on any atom is -0.392 e. The molecule has 0 unspecified atom stereocenters. The van der Waals surface area contributed by atoms with Gasteiger partial charge in [0.1, 0.15) is 0 Å². The van der Waals surface area contributed by atoms with Crippen LogP contribution in [0.5, 0.6) is 0 Å². The van der Waals surface area contributed by atoms with E-state index in [9.17, 15) is 4.79 Å². The lowest BCUT2D eigenvalue weighted by Gasteiger charge is -2.07. The van der Waals surface area contributed by atoms with Gasteiger partial charge in [-0.05, 0) is 22.6 Å².